The Kier molecular flexibility index (Phi) is 12.6. The molecule has 5 N–H and O–H groups in total. The van der Waals surface area contributed by atoms with Crippen LogP contribution in [0, 0.1) is 0 Å². The summed E-state index contributed by atoms with van der Waals surface area (Å²) in [5.74, 6) is 4.91. The molecule has 0 heterocycles. The summed E-state index contributed by atoms with van der Waals surface area (Å²) in [6, 6.07) is 0. The molecule has 0 atom stereocenters. The van der Waals surface area contributed by atoms with Crippen LogP contribution in [-0.2, 0) is 18.9 Å². The zero-order valence-corrected chi connectivity index (χ0v) is 12.6. The highest BCUT2D eigenvalue weighted by atomic mass is 32.3. The monoisotopic (exact) mass is 298 g/mol. The second-order valence-electron chi connectivity index (χ2n) is 4.43. The summed E-state index contributed by atoms with van der Waals surface area (Å²) in [4.78, 5) is 0. The first kappa shape index (κ1) is 18.8. The van der Waals surface area contributed by atoms with E-state index in [9.17, 15) is 8.42 Å². The molecule has 0 unspecified atom stereocenters. The van der Waals surface area contributed by atoms with E-state index < -0.39 is 10.4 Å². The number of hydrogen-bond acceptors (Lipinski definition) is 6. The fraction of sp³-hybridized carbons (Fsp3) is 1.00. The van der Waals surface area contributed by atoms with E-state index in [1.54, 1.807) is 0 Å². The van der Waals surface area contributed by atoms with Gasteiger partial charge in [-0.3, -0.25) is 0 Å². The summed E-state index contributed by atoms with van der Waals surface area (Å²) < 4.78 is 30.9. The van der Waals surface area contributed by atoms with Crippen LogP contribution in [0.1, 0.15) is 64.7 Å². The van der Waals surface area contributed by atoms with Crippen molar-refractivity contribution in [2.75, 3.05) is 6.61 Å². The first-order chi connectivity index (χ1) is 9.12. The smallest absolute Gasteiger partial charge is 0.247 e. The van der Waals surface area contributed by atoms with Gasteiger partial charge in [-0.2, -0.15) is 19.8 Å². The van der Waals surface area contributed by atoms with Gasteiger partial charge in [0.05, 0.1) is 6.61 Å². The van der Waals surface area contributed by atoms with Gasteiger partial charge in [-0.1, -0.05) is 58.3 Å². The molecule has 0 bridgehead atoms. The minimum Gasteiger partial charge on any atom is -0.247 e. The summed E-state index contributed by atoms with van der Waals surface area (Å²) in [6.45, 7) is 2.35. The molecule has 8 heteroatoms. The molecule has 0 aliphatic carbocycles. The normalized spacial score (nSPS) is 11.9. The third-order valence-corrected chi connectivity index (χ3v) is 3.45. The van der Waals surface area contributed by atoms with Gasteiger partial charge in [0.15, 0.2) is 0 Å². The second kappa shape index (κ2) is 12.8. The number of hydrogen-bond donors (Lipinski definition) is 3. The van der Waals surface area contributed by atoms with Gasteiger partial charge in [0.2, 0.25) is 0 Å². The Morgan fingerprint density at radius 2 is 1.53 bits per heavy atom. The quantitative estimate of drug-likeness (QED) is 0.247. The zero-order chi connectivity index (χ0) is 14.4. The van der Waals surface area contributed by atoms with Crippen molar-refractivity contribution in [2.45, 2.75) is 64.7 Å². The summed E-state index contributed by atoms with van der Waals surface area (Å²) in [6.07, 6.45) is 10.5. The average Bonchev–Trinajstić information content (AvgIpc) is 2.38. The molecule has 19 heavy (non-hydrogen) atoms. The number of nitrogens with two attached hydrogens (primary N) is 2. The van der Waals surface area contributed by atoms with Crippen molar-refractivity contribution in [1.82, 2.24) is 5.59 Å². The van der Waals surface area contributed by atoms with Crippen LogP contribution in [0.15, 0.2) is 0 Å². The molecule has 0 saturated carbocycles. The fourth-order valence-corrected chi connectivity index (χ4v) is 2.23. The van der Waals surface area contributed by atoms with E-state index in [-0.39, 0.29) is 6.61 Å². The van der Waals surface area contributed by atoms with E-state index in [4.69, 9.17) is 5.84 Å². The van der Waals surface area contributed by atoms with Crippen LogP contribution in [-0.4, -0.2) is 15.0 Å². The Bertz CT molecular complexity index is 286. The molecule has 0 radical (unpaired) electrons. The predicted molar refractivity (Wildman–Crippen MR) is 72.4 cm³/mol. The van der Waals surface area contributed by atoms with Gasteiger partial charge in [-0.25, -0.2) is 4.18 Å². The lowest BCUT2D eigenvalue weighted by Crippen LogP contribution is -2.99. The average molecular weight is 298 g/mol. The van der Waals surface area contributed by atoms with Crippen molar-refractivity contribution in [3.05, 3.63) is 0 Å². The van der Waals surface area contributed by atoms with Gasteiger partial charge in [0.1, 0.15) is 0 Å². The lowest BCUT2D eigenvalue weighted by Gasteiger charge is -2.04. The molecule has 0 rings (SSSR count). The van der Waals surface area contributed by atoms with Gasteiger partial charge in [-0.05, 0) is 12.0 Å². The topological polar surface area (TPSA) is 107 Å². The van der Waals surface area contributed by atoms with Crippen molar-refractivity contribution >= 4 is 10.4 Å². The zero-order valence-electron chi connectivity index (χ0n) is 11.8. The third-order valence-electron chi connectivity index (χ3n) is 2.69. The molecule has 0 aromatic rings. The number of nitrogens with one attached hydrogen (secondary N) is 1. The molecule has 116 valence electrons. The van der Waals surface area contributed by atoms with E-state index in [1.807, 2.05) is 5.59 Å². The minimum absolute atomic E-state index is 0.143. The molecular formula is C11H28N3O4S+. The van der Waals surface area contributed by atoms with Crippen molar-refractivity contribution in [3.8, 4) is 0 Å². The summed E-state index contributed by atoms with van der Waals surface area (Å²) in [5.41, 5.74) is 2.79. The number of quaternary nitrogens is 1. The standard InChI is InChI=1S/C11H27N3O4S/c1-2-3-4-5-6-7-8-9-10-11-17-19(15,16)18-14-13-12/h13-14H,2-12H2,1H3/p+1. The molecular weight excluding hydrogens is 270 g/mol. The van der Waals surface area contributed by atoms with E-state index in [0.717, 1.165) is 18.4 Å². The summed E-state index contributed by atoms with van der Waals surface area (Å²) >= 11 is 0. The molecule has 0 aromatic carbocycles. The van der Waals surface area contributed by atoms with Crippen LogP contribution in [0.2, 0.25) is 0 Å². The largest absolute Gasteiger partial charge is 0.420 e. The van der Waals surface area contributed by atoms with Crippen LogP contribution in [0.25, 0.3) is 0 Å². The number of unbranched alkanes of at least 4 members (excludes halogenated alkanes) is 8. The second-order valence-corrected chi connectivity index (χ2v) is 5.65. The molecule has 7 nitrogen and oxygen atoms in total. The van der Waals surface area contributed by atoms with Gasteiger partial charge >= 0.3 is 10.4 Å². The van der Waals surface area contributed by atoms with Gasteiger partial charge in [0, 0.05) is 0 Å². The van der Waals surface area contributed by atoms with Crippen LogP contribution in [0.4, 0.5) is 0 Å². The van der Waals surface area contributed by atoms with Crippen molar-refractivity contribution in [1.29, 1.82) is 0 Å². The first-order valence-electron chi connectivity index (χ1n) is 6.99. The molecule has 0 aliphatic rings. The van der Waals surface area contributed by atoms with Crippen molar-refractivity contribution in [3.63, 3.8) is 0 Å². The molecule has 0 fully saturated rings. The highest BCUT2D eigenvalue weighted by molar-refractivity contribution is 7.81. The van der Waals surface area contributed by atoms with E-state index in [2.05, 4.69) is 15.4 Å². The Morgan fingerprint density at radius 3 is 2.05 bits per heavy atom. The Hall–Kier alpha value is -0.250. The fourth-order valence-electron chi connectivity index (χ4n) is 1.68. The molecule has 0 aliphatic heterocycles. The maximum absolute atomic E-state index is 11.0. The Balaban J connectivity index is 3.26. The highest BCUT2D eigenvalue weighted by Crippen LogP contribution is 2.09. The minimum atomic E-state index is -3.97. The van der Waals surface area contributed by atoms with Gasteiger partial charge < -0.3 is 0 Å². The van der Waals surface area contributed by atoms with Crippen molar-refractivity contribution < 1.29 is 22.4 Å². The third kappa shape index (κ3) is 14.0. The molecule has 0 spiro atoms. The van der Waals surface area contributed by atoms with E-state index in [1.165, 1.54) is 38.5 Å². The van der Waals surface area contributed by atoms with Gasteiger partial charge in [0.25, 0.3) is 0 Å². The SMILES string of the molecule is CCCCCCCCCCCOS(=O)(=O)ON[NH2+]N. The van der Waals surface area contributed by atoms with Crippen LogP contribution in [0.5, 0.6) is 0 Å². The highest BCUT2D eigenvalue weighted by Gasteiger charge is 2.12. The number of rotatable bonds is 14. The summed E-state index contributed by atoms with van der Waals surface area (Å²) in [5, 5.41) is 0. The van der Waals surface area contributed by atoms with E-state index >= 15 is 0 Å². The van der Waals surface area contributed by atoms with Crippen LogP contribution < -0.4 is 17.0 Å². The molecule has 0 aromatic heterocycles. The van der Waals surface area contributed by atoms with Crippen LogP contribution in [0.3, 0.4) is 0 Å². The lowest BCUT2D eigenvalue weighted by atomic mass is 10.1. The maximum atomic E-state index is 11.0. The van der Waals surface area contributed by atoms with Crippen LogP contribution >= 0.6 is 0 Å². The molecule has 0 amide bonds. The van der Waals surface area contributed by atoms with Gasteiger partial charge in [-0.15, -0.1) is 4.28 Å². The first-order valence-corrected chi connectivity index (χ1v) is 8.32. The Morgan fingerprint density at radius 1 is 1.00 bits per heavy atom. The summed E-state index contributed by atoms with van der Waals surface area (Å²) in [7, 11) is -3.97. The Labute approximate surface area is 116 Å². The molecule has 0 saturated heterocycles. The van der Waals surface area contributed by atoms with Crippen molar-refractivity contribution in [2.24, 2.45) is 5.84 Å². The maximum Gasteiger partial charge on any atom is 0.420 e. The predicted octanol–water partition coefficient (Wildman–Crippen LogP) is 0.652. The lowest BCUT2D eigenvalue weighted by molar-refractivity contribution is -0.758. The van der Waals surface area contributed by atoms with E-state index in [0.29, 0.717) is 6.42 Å².